The van der Waals surface area contributed by atoms with Gasteiger partial charge in [0.1, 0.15) is 18.2 Å². The molecule has 130 valence electrons. The Bertz CT molecular complexity index is 845. The largest absolute Gasteiger partial charge is 0.489 e. The van der Waals surface area contributed by atoms with Gasteiger partial charge in [-0.25, -0.2) is 4.98 Å². The van der Waals surface area contributed by atoms with E-state index in [0.29, 0.717) is 12.4 Å². The molecular weight excluding hydrogens is 310 g/mol. The molecular formula is C21H25N3O. The van der Waals surface area contributed by atoms with Crippen LogP contribution in [0.3, 0.4) is 0 Å². The molecule has 0 spiro atoms. The van der Waals surface area contributed by atoms with Gasteiger partial charge >= 0.3 is 0 Å². The van der Waals surface area contributed by atoms with Crippen molar-refractivity contribution < 1.29 is 4.74 Å². The summed E-state index contributed by atoms with van der Waals surface area (Å²) in [5, 5.41) is 1.08. The smallest absolute Gasteiger partial charge is 0.124 e. The number of pyridine rings is 1. The van der Waals surface area contributed by atoms with Crippen molar-refractivity contribution in [2.45, 2.75) is 19.4 Å². The maximum atomic E-state index is 5.97. The van der Waals surface area contributed by atoms with Crippen LogP contribution in [0.5, 0.6) is 5.75 Å². The Hall–Kier alpha value is -2.59. The van der Waals surface area contributed by atoms with Crippen LogP contribution in [0.2, 0.25) is 0 Å². The number of nitrogens with zero attached hydrogens (tertiary/aromatic N) is 2. The molecule has 3 rings (SSSR count). The first-order valence-electron chi connectivity index (χ1n) is 8.62. The number of hydrogen-bond acceptors (Lipinski definition) is 4. The molecule has 2 aromatic carbocycles. The number of nitrogens with two attached hydrogens (primary N) is 1. The zero-order chi connectivity index (χ0) is 17.6. The molecule has 3 aromatic rings. The molecule has 0 radical (unpaired) electrons. The Morgan fingerprint density at radius 1 is 1.00 bits per heavy atom. The van der Waals surface area contributed by atoms with Gasteiger partial charge in [-0.2, -0.15) is 0 Å². The highest BCUT2D eigenvalue weighted by Gasteiger charge is 2.02. The van der Waals surface area contributed by atoms with Crippen LogP contribution in [0.15, 0.2) is 54.6 Å². The number of benzene rings is 2. The van der Waals surface area contributed by atoms with E-state index in [1.807, 2.05) is 24.3 Å². The summed E-state index contributed by atoms with van der Waals surface area (Å²) in [4.78, 5) is 6.58. The maximum absolute atomic E-state index is 5.97. The minimum absolute atomic E-state index is 0.521. The molecule has 0 aliphatic rings. The second-order valence-corrected chi connectivity index (χ2v) is 6.61. The normalized spacial score (nSPS) is 11.2. The summed E-state index contributed by atoms with van der Waals surface area (Å²) in [5.41, 5.74) is 9.07. The Morgan fingerprint density at radius 2 is 1.84 bits per heavy atom. The van der Waals surface area contributed by atoms with E-state index in [-0.39, 0.29) is 0 Å². The lowest BCUT2D eigenvalue weighted by atomic mass is 10.1. The van der Waals surface area contributed by atoms with Crippen LogP contribution in [0, 0.1) is 0 Å². The molecule has 0 aliphatic carbocycles. The van der Waals surface area contributed by atoms with E-state index in [9.17, 15) is 0 Å². The second kappa shape index (κ2) is 7.99. The Balaban J connectivity index is 1.63. The van der Waals surface area contributed by atoms with Gasteiger partial charge in [0.2, 0.25) is 0 Å². The summed E-state index contributed by atoms with van der Waals surface area (Å²) in [6.45, 7) is 1.62. The summed E-state index contributed by atoms with van der Waals surface area (Å²) >= 11 is 0. The summed E-state index contributed by atoms with van der Waals surface area (Å²) in [6.07, 6.45) is 2.21. The fraction of sp³-hybridized carbons (Fsp3) is 0.286. The van der Waals surface area contributed by atoms with Crippen molar-refractivity contribution in [1.82, 2.24) is 9.88 Å². The molecule has 0 fully saturated rings. The number of hydrogen-bond donors (Lipinski definition) is 1. The second-order valence-electron chi connectivity index (χ2n) is 6.61. The van der Waals surface area contributed by atoms with Gasteiger partial charge in [0.15, 0.2) is 0 Å². The zero-order valence-electron chi connectivity index (χ0n) is 14.9. The predicted octanol–water partition coefficient (Wildman–Crippen LogP) is 3.89. The van der Waals surface area contributed by atoms with Gasteiger partial charge in [0.25, 0.3) is 0 Å². The molecule has 25 heavy (non-hydrogen) atoms. The Labute approximate surface area is 149 Å². The van der Waals surface area contributed by atoms with E-state index < -0.39 is 0 Å². The van der Waals surface area contributed by atoms with Crippen LogP contribution in [-0.4, -0.2) is 30.5 Å². The average Bonchev–Trinajstić information content (AvgIpc) is 2.59. The molecule has 0 bridgehead atoms. The topological polar surface area (TPSA) is 51.4 Å². The molecule has 0 atom stereocenters. The molecule has 4 nitrogen and oxygen atoms in total. The van der Waals surface area contributed by atoms with Crippen molar-refractivity contribution in [2.24, 2.45) is 0 Å². The first kappa shape index (κ1) is 17.2. The van der Waals surface area contributed by atoms with Crippen molar-refractivity contribution >= 4 is 16.7 Å². The summed E-state index contributed by atoms with van der Waals surface area (Å²) in [6, 6.07) is 18.3. The van der Waals surface area contributed by atoms with E-state index in [1.165, 1.54) is 5.56 Å². The van der Waals surface area contributed by atoms with Crippen LogP contribution in [-0.2, 0) is 13.0 Å². The third-order valence-corrected chi connectivity index (χ3v) is 4.15. The number of fused-ring (bicyclic) bond motifs is 1. The number of aromatic nitrogens is 1. The van der Waals surface area contributed by atoms with E-state index in [2.05, 4.69) is 54.3 Å². The highest BCUT2D eigenvalue weighted by molar-refractivity contribution is 5.80. The molecule has 0 unspecified atom stereocenters. The molecule has 0 saturated heterocycles. The monoisotopic (exact) mass is 335 g/mol. The van der Waals surface area contributed by atoms with E-state index in [1.54, 1.807) is 0 Å². The molecule has 0 aliphatic heterocycles. The van der Waals surface area contributed by atoms with Gasteiger partial charge < -0.3 is 15.4 Å². The van der Waals surface area contributed by atoms with Crippen molar-refractivity contribution in [3.05, 3.63) is 65.7 Å². The van der Waals surface area contributed by atoms with Crippen LogP contribution in [0.4, 0.5) is 5.82 Å². The summed E-state index contributed by atoms with van der Waals surface area (Å²) < 4.78 is 5.97. The number of nitrogen functional groups attached to an aromatic ring is 1. The molecule has 1 heterocycles. The average molecular weight is 335 g/mol. The van der Waals surface area contributed by atoms with E-state index in [4.69, 9.17) is 10.5 Å². The lowest BCUT2D eigenvalue weighted by Gasteiger charge is -2.11. The lowest BCUT2D eigenvalue weighted by Crippen LogP contribution is -2.13. The number of anilines is 1. The van der Waals surface area contributed by atoms with Crippen molar-refractivity contribution in [3.8, 4) is 5.75 Å². The van der Waals surface area contributed by atoms with Gasteiger partial charge in [-0.15, -0.1) is 0 Å². The fourth-order valence-electron chi connectivity index (χ4n) is 2.83. The minimum atomic E-state index is 0.521. The SMILES string of the molecule is CN(C)CCCc1cccc(OCc2ccc3ccc(N)nc3c2)c1. The van der Waals surface area contributed by atoms with E-state index in [0.717, 1.165) is 41.6 Å². The van der Waals surface area contributed by atoms with E-state index >= 15 is 0 Å². The van der Waals surface area contributed by atoms with Crippen LogP contribution in [0.25, 0.3) is 10.9 Å². The van der Waals surface area contributed by atoms with Gasteiger partial charge in [0.05, 0.1) is 5.52 Å². The molecule has 4 heteroatoms. The minimum Gasteiger partial charge on any atom is -0.489 e. The van der Waals surface area contributed by atoms with Crippen molar-refractivity contribution in [3.63, 3.8) is 0 Å². The van der Waals surface area contributed by atoms with Crippen LogP contribution in [0.1, 0.15) is 17.5 Å². The van der Waals surface area contributed by atoms with Crippen molar-refractivity contribution in [2.75, 3.05) is 26.4 Å². The molecule has 0 amide bonds. The van der Waals surface area contributed by atoms with Crippen molar-refractivity contribution in [1.29, 1.82) is 0 Å². The lowest BCUT2D eigenvalue weighted by molar-refractivity contribution is 0.306. The predicted molar refractivity (Wildman–Crippen MR) is 104 cm³/mol. The third-order valence-electron chi connectivity index (χ3n) is 4.15. The first-order valence-corrected chi connectivity index (χ1v) is 8.62. The zero-order valence-corrected chi connectivity index (χ0v) is 14.9. The summed E-state index contributed by atoms with van der Waals surface area (Å²) in [5.74, 6) is 1.44. The Morgan fingerprint density at radius 3 is 2.68 bits per heavy atom. The number of ether oxygens (including phenoxy) is 1. The standard InChI is InChI=1S/C21H25N3O/c1-24(2)12-4-6-16-5-3-7-19(13-16)25-15-17-8-9-18-10-11-21(22)23-20(18)14-17/h3,5,7-11,13-14H,4,6,12,15H2,1-2H3,(H2,22,23). The van der Waals surface area contributed by atoms with Gasteiger partial charge in [-0.05, 0) is 74.9 Å². The molecule has 2 N–H and O–H groups in total. The highest BCUT2D eigenvalue weighted by Crippen LogP contribution is 2.19. The molecule has 0 saturated carbocycles. The maximum Gasteiger partial charge on any atom is 0.124 e. The summed E-state index contributed by atoms with van der Waals surface area (Å²) in [7, 11) is 4.21. The number of aryl methyl sites for hydroxylation is 1. The van der Waals surface area contributed by atoms with Gasteiger partial charge in [-0.1, -0.05) is 24.3 Å². The molecule has 1 aromatic heterocycles. The third kappa shape index (κ3) is 4.94. The van der Waals surface area contributed by atoms with Gasteiger partial charge in [0, 0.05) is 5.39 Å². The fourth-order valence-corrected chi connectivity index (χ4v) is 2.83. The Kier molecular flexibility index (Phi) is 5.51. The van der Waals surface area contributed by atoms with Crippen LogP contribution < -0.4 is 10.5 Å². The van der Waals surface area contributed by atoms with Gasteiger partial charge in [-0.3, -0.25) is 0 Å². The quantitative estimate of drug-likeness (QED) is 0.712. The van der Waals surface area contributed by atoms with Crippen LogP contribution >= 0.6 is 0 Å². The highest BCUT2D eigenvalue weighted by atomic mass is 16.5. The number of rotatable bonds is 7. The first-order chi connectivity index (χ1) is 12.1.